The first-order valence-electron chi connectivity index (χ1n) is 8.32. The molecule has 2 heterocycles. The minimum Gasteiger partial charge on any atom is -0.488 e. The molecular formula is C18H21NO2. The summed E-state index contributed by atoms with van der Waals surface area (Å²) >= 11 is 0. The molecule has 1 amide bonds. The van der Waals surface area contributed by atoms with E-state index >= 15 is 0 Å². The monoisotopic (exact) mass is 283 g/mol. The summed E-state index contributed by atoms with van der Waals surface area (Å²) in [5, 5.41) is 0. The van der Waals surface area contributed by atoms with Crippen molar-refractivity contribution < 1.29 is 9.53 Å². The fraction of sp³-hybridized carbons (Fsp3) is 0.611. The maximum absolute atomic E-state index is 13.2. The third-order valence-corrected chi connectivity index (χ3v) is 6.18. The number of rotatable bonds is 1. The van der Waals surface area contributed by atoms with Crippen LogP contribution in [-0.2, 0) is 4.79 Å². The second-order valence-electron chi connectivity index (χ2n) is 7.43. The Balaban J connectivity index is 1.47. The van der Waals surface area contributed by atoms with Gasteiger partial charge in [-0.15, -0.1) is 0 Å². The van der Waals surface area contributed by atoms with Crippen LogP contribution in [0.5, 0.6) is 5.75 Å². The van der Waals surface area contributed by atoms with Crippen molar-refractivity contribution in [2.45, 2.75) is 50.7 Å². The number of hydrogen-bond acceptors (Lipinski definition) is 2. The molecule has 0 aromatic heterocycles. The summed E-state index contributed by atoms with van der Waals surface area (Å²) in [6.45, 7) is 0.782. The Kier molecular flexibility index (Phi) is 2.31. The normalized spacial score (nSPS) is 39.2. The topological polar surface area (TPSA) is 29.5 Å². The van der Waals surface area contributed by atoms with Crippen molar-refractivity contribution in [3.05, 3.63) is 29.8 Å². The molecule has 3 heteroatoms. The SMILES string of the molecule is O=C(N1C[C@@H]2C[C@H]1c1ccccc1O2)C12CCCC(C1)C2. The highest BCUT2D eigenvalue weighted by Crippen LogP contribution is 2.58. The van der Waals surface area contributed by atoms with E-state index in [1.807, 2.05) is 12.1 Å². The van der Waals surface area contributed by atoms with Crippen molar-refractivity contribution in [3.63, 3.8) is 0 Å². The Morgan fingerprint density at radius 3 is 2.95 bits per heavy atom. The number of para-hydroxylation sites is 1. The maximum atomic E-state index is 13.2. The van der Waals surface area contributed by atoms with Crippen LogP contribution in [0, 0.1) is 11.3 Å². The Hall–Kier alpha value is -1.51. The first kappa shape index (κ1) is 12.1. The molecule has 3 nitrogen and oxygen atoms in total. The van der Waals surface area contributed by atoms with Crippen molar-refractivity contribution in [3.8, 4) is 5.75 Å². The number of fused-ring (bicyclic) bond motifs is 6. The number of carbonyl (C=O) groups is 1. The molecule has 21 heavy (non-hydrogen) atoms. The minimum absolute atomic E-state index is 0.00462. The molecule has 0 unspecified atom stereocenters. The molecule has 3 aliphatic carbocycles. The molecule has 6 rings (SSSR count). The first-order valence-corrected chi connectivity index (χ1v) is 8.32. The van der Waals surface area contributed by atoms with Gasteiger partial charge in [0.1, 0.15) is 11.9 Å². The van der Waals surface area contributed by atoms with Gasteiger partial charge in [-0.1, -0.05) is 31.0 Å². The lowest BCUT2D eigenvalue weighted by Gasteiger charge is -2.52. The van der Waals surface area contributed by atoms with Gasteiger partial charge in [0.2, 0.25) is 5.91 Å². The van der Waals surface area contributed by atoms with E-state index in [4.69, 9.17) is 4.74 Å². The van der Waals surface area contributed by atoms with E-state index < -0.39 is 0 Å². The summed E-state index contributed by atoms with van der Waals surface area (Å²) in [5.41, 5.74) is 1.21. The Labute approximate surface area is 125 Å². The number of carbonyl (C=O) groups excluding carboxylic acids is 1. The van der Waals surface area contributed by atoms with Gasteiger partial charge in [0.15, 0.2) is 0 Å². The molecule has 4 bridgehead atoms. The molecule has 1 saturated heterocycles. The van der Waals surface area contributed by atoms with Crippen molar-refractivity contribution in [2.24, 2.45) is 11.3 Å². The van der Waals surface area contributed by atoms with Crippen LogP contribution in [-0.4, -0.2) is 23.5 Å². The molecule has 1 aromatic rings. The predicted molar refractivity (Wildman–Crippen MR) is 78.9 cm³/mol. The van der Waals surface area contributed by atoms with E-state index in [1.165, 1.54) is 18.4 Å². The molecule has 1 aromatic carbocycles. The van der Waals surface area contributed by atoms with Gasteiger partial charge in [-0.2, -0.15) is 0 Å². The number of hydrogen-bond donors (Lipinski definition) is 0. The molecule has 110 valence electrons. The third kappa shape index (κ3) is 1.58. The van der Waals surface area contributed by atoms with Crippen LogP contribution >= 0.6 is 0 Å². The van der Waals surface area contributed by atoms with Gasteiger partial charge in [0, 0.05) is 17.4 Å². The van der Waals surface area contributed by atoms with Gasteiger partial charge >= 0.3 is 0 Å². The van der Waals surface area contributed by atoms with Gasteiger partial charge < -0.3 is 9.64 Å². The van der Waals surface area contributed by atoms with Crippen LogP contribution in [0.2, 0.25) is 0 Å². The summed E-state index contributed by atoms with van der Waals surface area (Å²) in [4.78, 5) is 15.3. The van der Waals surface area contributed by atoms with E-state index in [9.17, 15) is 4.79 Å². The van der Waals surface area contributed by atoms with Crippen LogP contribution in [0.3, 0.4) is 0 Å². The van der Waals surface area contributed by atoms with Crippen LogP contribution in [0.25, 0.3) is 0 Å². The standard InChI is InChI=1S/C18H21NO2/c20-17(18-7-3-4-12(9-18)10-18)19-11-13-8-15(19)14-5-1-2-6-16(14)21-13/h1-2,5-6,12-13,15H,3-4,7-11H2/t12?,13-,15-,18?/m0/s1. The zero-order valence-electron chi connectivity index (χ0n) is 12.3. The van der Waals surface area contributed by atoms with Gasteiger partial charge in [0.05, 0.1) is 12.6 Å². The summed E-state index contributed by atoms with van der Waals surface area (Å²) < 4.78 is 6.04. The van der Waals surface area contributed by atoms with Crippen molar-refractivity contribution >= 4 is 5.91 Å². The Morgan fingerprint density at radius 2 is 2.14 bits per heavy atom. The average molecular weight is 283 g/mol. The van der Waals surface area contributed by atoms with Gasteiger partial charge in [-0.05, 0) is 31.2 Å². The van der Waals surface area contributed by atoms with E-state index in [1.54, 1.807) is 0 Å². The molecule has 0 spiro atoms. The van der Waals surface area contributed by atoms with E-state index in [2.05, 4.69) is 17.0 Å². The predicted octanol–water partition coefficient (Wildman–Crippen LogP) is 3.30. The van der Waals surface area contributed by atoms with E-state index in [0.29, 0.717) is 5.91 Å². The lowest BCUT2D eigenvalue weighted by atomic mass is 9.53. The first-order chi connectivity index (χ1) is 10.3. The summed E-state index contributed by atoms with van der Waals surface area (Å²) in [6.07, 6.45) is 7.15. The van der Waals surface area contributed by atoms with Crippen LogP contribution < -0.4 is 4.74 Å². The zero-order valence-corrected chi connectivity index (χ0v) is 12.3. The number of benzene rings is 1. The zero-order chi connectivity index (χ0) is 14.0. The second kappa shape index (κ2) is 4.02. The molecule has 3 saturated carbocycles. The summed E-state index contributed by atoms with van der Waals surface area (Å²) in [5.74, 6) is 2.24. The number of ether oxygens (including phenoxy) is 1. The second-order valence-corrected chi connectivity index (χ2v) is 7.43. The highest BCUT2D eigenvalue weighted by atomic mass is 16.5. The fourth-order valence-corrected chi connectivity index (χ4v) is 5.21. The lowest BCUT2D eigenvalue weighted by Crippen LogP contribution is -2.53. The molecule has 4 fully saturated rings. The molecule has 2 atom stereocenters. The number of amides is 1. The van der Waals surface area contributed by atoms with E-state index in [0.717, 1.165) is 43.9 Å². The van der Waals surface area contributed by atoms with Crippen LogP contribution in [0.4, 0.5) is 0 Å². The summed E-state index contributed by atoms with van der Waals surface area (Å²) in [7, 11) is 0. The van der Waals surface area contributed by atoms with Crippen molar-refractivity contribution in [1.82, 2.24) is 4.90 Å². The van der Waals surface area contributed by atoms with Gasteiger partial charge in [-0.25, -0.2) is 0 Å². The van der Waals surface area contributed by atoms with Gasteiger partial charge in [0.25, 0.3) is 0 Å². The third-order valence-electron chi connectivity index (χ3n) is 6.18. The van der Waals surface area contributed by atoms with Gasteiger partial charge in [-0.3, -0.25) is 4.79 Å². The molecule has 5 aliphatic rings. The highest BCUT2D eigenvalue weighted by molar-refractivity contribution is 5.85. The van der Waals surface area contributed by atoms with E-state index in [-0.39, 0.29) is 17.6 Å². The summed E-state index contributed by atoms with van der Waals surface area (Å²) in [6, 6.07) is 8.50. The number of likely N-dealkylation sites (tertiary alicyclic amines) is 1. The van der Waals surface area contributed by atoms with Crippen LogP contribution in [0.1, 0.15) is 50.1 Å². The Morgan fingerprint density at radius 1 is 1.29 bits per heavy atom. The van der Waals surface area contributed by atoms with Crippen molar-refractivity contribution in [1.29, 1.82) is 0 Å². The quantitative estimate of drug-likeness (QED) is 0.791. The highest BCUT2D eigenvalue weighted by Gasteiger charge is 2.56. The lowest BCUT2D eigenvalue weighted by molar-refractivity contribution is -0.157. The molecule has 2 aliphatic heterocycles. The molecular weight excluding hydrogens is 262 g/mol. The smallest absolute Gasteiger partial charge is 0.229 e. The largest absolute Gasteiger partial charge is 0.488 e. The number of nitrogens with zero attached hydrogens (tertiary/aromatic N) is 1. The maximum Gasteiger partial charge on any atom is 0.229 e. The average Bonchev–Trinajstić information content (AvgIpc) is 2.84. The molecule has 0 N–H and O–H groups in total. The fourth-order valence-electron chi connectivity index (χ4n) is 5.21. The Bertz CT molecular complexity index is 599. The molecule has 0 radical (unpaired) electrons. The van der Waals surface area contributed by atoms with Crippen LogP contribution in [0.15, 0.2) is 24.3 Å². The van der Waals surface area contributed by atoms with Crippen molar-refractivity contribution in [2.75, 3.05) is 6.54 Å². The minimum atomic E-state index is -0.00462.